The molecule has 1 aromatic heterocycles. The first-order valence-corrected chi connectivity index (χ1v) is 6.38. The Labute approximate surface area is 121 Å². The Balaban J connectivity index is 1.96. The molecule has 0 aliphatic heterocycles. The third-order valence-corrected chi connectivity index (χ3v) is 2.71. The third kappa shape index (κ3) is 4.64. The maximum Gasteiger partial charge on any atom is 0.158 e. The highest BCUT2D eigenvalue weighted by Gasteiger charge is 2.04. The molecule has 21 heavy (non-hydrogen) atoms. The van der Waals surface area contributed by atoms with E-state index in [4.69, 9.17) is 10.5 Å². The van der Waals surface area contributed by atoms with Gasteiger partial charge in [0.05, 0.1) is 0 Å². The van der Waals surface area contributed by atoms with Gasteiger partial charge in [0.15, 0.2) is 5.82 Å². The lowest BCUT2D eigenvalue weighted by atomic mass is 10.1. The smallest absolute Gasteiger partial charge is 0.158 e. The van der Waals surface area contributed by atoms with Crippen molar-refractivity contribution in [2.24, 2.45) is 0 Å². The lowest BCUT2D eigenvalue weighted by molar-refractivity contribution is 0.178. The molecule has 0 radical (unpaired) electrons. The number of hydrogen-bond donors (Lipinski definition) is 2. The van der Waals surface area contributed by atoms with Crippen molar-refractivity contribution in [2.45, 2.75) is 13.0 Å². The molecule has 112 valence electrons. The van der Waals surface area contributed by atoms with Gasteiger partial charge in [-0.05, 0) is 24.1 Å². The van der Waals surface area contributed by atoms with E-state index in [1.807, 2.05) is 0 Å². The van der Waals surface area contributed by atoms with Crippen molar-refractivity contribution in [3.63, 3.8) is 0 Å². The number of benzene rings is 1. The van der Waals surface area contributed by atoms with Crippen molar-refractivity contribution in [2.75, 3.05) is 24.7 Å². The number of nitrogens with two attached hydrogens (primary N) is 1. The Kier molecular flexibility index (Phi) is 4.99. The van der Waals surface area contributed by atoms with Crippen LogP contribution >= 0.6 is 0 Å². The number of nitrogens with one attached hydrogen (secondary N) is 1. The SMILES string of the molecule is COCc1nc(N)cc(NCCc2cc(F)cc(F)c2)n1. The normalized spacial score (nSPS) is 10.6. The minimum Gasteiger partial charge on any atom is -0.384 e. The van der Waals surface area contributed by atoms with Crippen molar-refractivity contribution in [3.05, 3.63) is 47.3 Å². The van der Waals surface area contributed by atoms with Crippen LogP contribution in [-0.2, 0) is 17.8 Å². The summed E-state index contributed by atoms with van der Waals surface area (Å²) in [5.74, 6) is 0.178. The monoisotopic (exact) mass is 294 g/mol. The minimum absolute atomic E-state index is 0.259. The topological polar surface area (TPSA) is 73.1 Å². The summed E-state index contributed by atoms with van der Waals surface area (Å²) in [6, 6.07) is 5.04. The van der Waals surface area contributed by atoms with Crippen LogP contribution < -0.4 is 11.1 Å². The summed E-state index contributed by atoms with van der Waals surface area (Å²) in [7, 11) is 1.54. The number of ether oxygens (including phenoxy) is 1. The second-order valence-electron chi connectivity index (χ2n) is 4.48. The third-order valence-electron chi connectivity index (χ3n) is 2.71. The van der Waals surface area contributed by atoms with Crippen LogP contribution in [0, 0.1) is 11.6 Å². The Morgan fingerprint density at radius 3 is 2.52 bits per heavy atom. The zero-order valence-corrected chi connectivity index (χ0v) is 11.6. The fourth-order valence-electron chi connectivity index (χ4n) is 1.89. The number of aromatic nitrogens is 2. The van der Waals surface area contributed by atoms with Crippen LogP contribution in [0.1, 0.15) is 11.4 Å². The second kappa shape index (κ2) is 6.94. The van der Waals surface area contributed by atoms with E-state index in [1.54, 1.807) is 6.07 Å². The molecule has 0 aliphatic rings. The van der Waals surface area contributed by atoms with Gasteiger partial charge in [-0.25, -0.2) is 18.7 Å². The van der Waals surface area contributed by atoms with E-state index < -0.39 is 11.6 Å². The van der Waals surface area contributed by atoms with Gasteiger partial charge < -0.3 is 15.8 Å². The number of halogens is 2. The van der Waals surface area contributed by atoms with Crippen LogP contribution in [0.5, 0.6) is 0 Å². The summed E-state index contributed by atoms with van der Waals surface area (Å²) in [4.78, 5) is 8.23. The van der Waals surface area contributed by atoms with Gasteiger partial charge in [-0.3, -0.25) is 0 Å². The van der Waals surface area contributed by atoms with E-state index in [1.165, 1.54) is 19.2 Å². The summed E-state index contributed by atoms with van der Waals surface area (Å²) in [5.41, 5.74) is 6.24. The number of hydrogen-bond acceptors (Lipinski definition) is 5. The Bertz CT molecular complexity index is 602. The summed E-state index contributed by atoms with van der Waals surface area (Å²) in [5, 5.41) is 3.04. The summed E-state index contributed by atoms with van der Waals surface area (Å²) >= 11 is 0. The molecular weight excluding hydrogens is 278 g/mol. The highest BCUT2D eigenvalue weighted by Crippen LogP contribution is 2.11. The standard InChI is InChI=1S/C14H16F2N4O/c1-21-8-14-19-12(17)7-13(20-14)18-3-2-9-4-10(15)6-11(16)5-9/h4-7H,2-3,8H2,1H3,(H3,17,18,19,20). The average molecular weight is 294 g/mol. The number of methoxy groups -OCH3 is 1. The average Bonchev–Trinajstić information content (AvgIpc) is 2.37. The summed E-state index contributed by atoms with van der Waals surface area (Å²) in [6.07, 6.45) is 0.457. The molecule has 0 amide bonds. The zero-order chi connectivity index (χ0) is 15.2. The zero-order valence-electron chi connectivity index (χ0n) is 11.6. The van der Waals surface area contributed by atoms with E-state index in [9.17, 15) is 8.78 Å². The lowest BCUT2D eigenvalue weighted by Crippen LogP contribution is -2.10. The molecule has 7 heteroatoms. The van der Waals surface area contributed by atoms with E-state index in [2.05, 4.69) is 15.3 Å². The molecule has 0 fully saturated rings. The van der Waals surface area contributed by atoms with Crippen LogP contribution in [0.15, 0.2) is 24.3 Å². The van der Waals surface area contributed by atoms with Crippen LogP contribution in [0.25, 0.3) is 0 Å². The van der Waals surface area contributed by atoms with E-state index >= 15 is 0 Å². The summed E-state index contributed by atoms with van der Waals surface area (Å²) in [6.45, 7) is 0.723. The molecule has 0 aliphatic carbocycles. The molecule has 5 nitrogen and oxygen atoms in total. The predicted molar refractivity (Wildman–Crippen MR) is 75.7 cm³/mol. The molecule has 1 aromatic carbocycles. The van der Waals surface area contributed by atoms with Crippen LogP contribution in [0.4, 0.5) is 20.4 Å². The number of nitrogens with zero attached hydrogens (tertiary/aromatic N) is 2. The van der Waals surface area contributed by atoms with Crippen LogP contribution in [0.2, 0.25) is 0 Å². The molecule has 0 bridgehead atoms. The largest absolute Gasteiger partial charge is 0.384 e. The van der Waals surface area contributed by atoms with E-state index in [0.717, 1.165) is 6.07 Å². The Hall–Kier alpha value is -2.28. The Morgan fingerprint density at radius 1 is 1.14 bits per heavy atom. The number of anilines is 2. The van der Waals surface area contributed by atoms with Gasteiger partial charge in [-0.2, -0.15) is 0 Å². The molecule has 0 saturated heterocycles. The molecule has 1 heterocycles. The molecule has 3 N–H and O–H groups in total. The maximum absolute atomic E-state index is 13.1. The molecule has 0 unspecified atom stereocenters. The van der Waals surface area contributed by atoms with Crippen LogP contribution in [0.3, 0.4) is 0 Å². The van der Waals surface area contributed by atoms with Crippen molar-refractivity contribution in [3.8, 4) is 0 Å². The fraction of sp³-hybridized carbons (Fsp3) is 0.286. The van der Waals surface area contributed by atoms with Gasteiger partial charge in [0.1, 0.15) is 29.9 Å². The minimum atomic E-state index is -0.585. The molecule has 0 spiro atoms. The lowest BCUT2D eigenvalue weighted by Gasteiger charge is -2.08. The van der Waals surface area contributed by atoms with Crippen LogP contribution in [-0.4, -0.2) is 23.6 Å². The summed E-state index contributed by atoms with van der Waals surface area (Å²) < 4.78 is 31.1. The molecular formula is C14H16F2N4O. The second-order valence-corrected chi connectivity index (χ2v) is 4.48. The molecule has 0 saturated carbocycles. The quantitative estimate of drug-likeness (QED) is 0.854. The van der Waals surface area contributed by atoms with Crippen molar-refractivity contribution >= 4 is 11.6 Å². The first-order chi connectivity index (χ1) is 10.1. The Morgan fingerprint density at radius 2 is 1.86 bits per heavy atom. The van der Waals surface area contributed by atoms with E-state index in [-0.39, 0.29) is 6.61 Å². The van der Waals surface area contributed by atoms with Gasteiger partial charge in [0, 0.05) is 25.8 Å². The first kappa shape index (κ1) is 15.1. The highest BCUT2D eigenvalue weighted by molar-refractivity contribution is 5.44. The van der Waals surface area contributed by atoms with Gasteiger partial charge >= 0.3 is 0 Å². The molecule has 2 aromatic rings. The fourth-order valence-corrected chi connectivity index (χ4v) is 1.89. The van der Waals surface area contributed by atoms with Gasteiger partial charge in [0.2, 0.25) is 0 Å². The number of rotatable bonds is 6. The van der Waals surface area contributed by atoms with Gasteiger partial charge in [-0.15, -0.1) is 0 Å². The molecule has 2 rings (SSSR count). The van der Waals surface area contributed by atoms with Gasteiger partial charge in [-0.1, -0.05) is 0 Å². The number of nitrogen functional groups attached to an aromatic ring is 1. The predicted octanol–water partition coefficient (Wildman–Crippen LogP) is 2.14. The first-order valence-electron chi connectivity index (χ1n) is 6.38. The highest BCUT2D eigenvalue weighted by atomic mass is 19.1. The van der Waals surface area contributed by atoms with E-state index in [0.29, 0.717) is 36.0 Å². The van der Waals surface area contributed by atoms with Crippen molar-refractivity contribution < 1.29 is 13.5 Å². The maximum atomic E-state index is 13.1. The van der Waals surface area contributed by atoms with Crippen molar-refractivity contribution in [1.29, 1.82) is 0 Å². The van der Waals surface area contributed by atoms with Crippen molar-refractivity contribution in [1.82, 2.24) is 9.97 Å². The van der Waals surface area contributed by atoms with Gasteiger partial charge in [0.25, 0.3) is 0 Å². The molecule has 0 atom stereocenters.